The number of aliphatic carboxylic acids is 1. The number of nitrogens with one attached hydrogen (secondary N) is 2. The van der Waals surface area contributed by atoms with Gasteiger partial charge >= 0.3 is 5.97 Å². The fourth-order valence-corrected chi connectivity index (χ4v) is 4.33. The molecule has 3 rings (SSSR count). The molecule has 3 N–H and O–H groups in total. The zero-order valence-electron chi connectivity index (χ0n) is 17.3. The van der Waals surface area contributed by atoms with Crippen molar-refractivity contribution in [2.75, 3.05) is 10.6 Å². The van der Waals surface area contributed by atoms with Crippen LogP contribution in [-0.2, 0) is 14.4 Å². The molecule has 0 aliphatic carbocycles. The van der Waals surface area contributed by atoms with Gasteiger partial charge in [-0.05, 0) is 42.0 Å². The number of carbonyl (C=O) groups excluding carboxylic acids is 2. The summed E-state index contributed by atoms with van der Waals surface area (Å²) in [4.78, 5) is 36.4. The highest BCUT2D eigenvalue weighted by Gasteiger charge is 2.23. The highest BCUT2D eigenvalue weighted by atomic mass is 79.9. The number of hydrogen-bond acceptors (Lipinski definition) is 4. The molecule has 0 aliphatic heterocycles. The van der Waals surface area contributed by atoms with Crippen LogP contribution in [0, 0.1) is 5.82 Å². The van der Waals surface area contributed by atoms with Crippen LogP contribution < -0.4 is 10.6 Å². The Morgan fingerprint density at radius 3 is 2.39 bits per heavy atom. The minimum Gasteiger partial charge on any atom is -0.481 e. The molecule has 0 spiro atoms. The van der Waals surface area contributed by atoms with Crippen molar-refractivity contribution >= 4 is 56.9 Å². The second kappa shape index (κ2) is 11.6. The first-order valence-corrected chi connectivity index (χ1v) is 11.6. The van der Waals surface area contributed by atoms with E-state index in [2.05, 4.69) is 26.6 Å². The Hall–Kier alpha value is -3.17. The lowest BCUT2D eigenvalue weighted by atomic mass is 10.1. The highest BCUT2D eigenvalue weighted by molar-refractivity contribution is 9.10. The van der Waals surface area contributed by atoms with Gasteiger partial charge in [-0.1, -0.05) is 52.3 Å². The van der Waals surface area contributed by atoms with E-state index in [0.717, 1.165) is 5.56 Å². The first kappa shape index (κ1) is 24.5. The normalized spacial score (nSPS) is 11.5. The Morgan fingerprint density at radius 2 is 1.70 bits per heavy atom. The number of carboxylic acids is 1. The number of hydrogen-bond donors (Lipinski definition) is 3. The van der Waals surface area contributed by atoms with Crippen LogP contribution >= 0.6 is 27.7 Å². The average molecular weight is 531 g/mol. The SMILES string of the molecule is O=C(O)CCC(=O)Nc1cccc(SC(C(=O)Nc2ccc(Br)cc2F)c2ccccc2)c1. The molecule has 9 heteroatoms. The lowest BCUT2D eigenvalue weighted by Crippen LogP contribution is -2.19. The fraction of sp³-hybridized carbons (Fsp3) is 0.125. The summed E-state index contributed by atoms with van der Waals surface area (Å²) in [5.41, 5.74) is 1.29. The number of carbonyl (C=O) groups is 3. The number of amides is 2. The van der Waals surface area contributed by atoms with Gasteiger partial charge in [-0.3, -0.25) is 14.4 Å². The van der Waals surface area contributed by atoms with Gasteiger partial charge in [0, 0.05) is 21.5 Å². The maximum absolute atomic E-state index is 14.3. The molecule has 2 amide bonds. The minimum absolute atomic E-state index is 0.0733. The number of benzene rings is 3. The fourth-order valence-electron chi connectivity index (χ4n) is 2.92. The molecule has 1 unspecified atom stereocenters. The summed E-state index contributed by atoms with van der Waals surface area (Å²) < 4.78 is 14.8. The van der Waals surface area contributed by atoms with E-state index in [1.54, 1.807) is 30.3 Å². The lowest BCUT2D eigenvalue weighted by molar-refractivity contribution is -0.138. The van der Waals surface area contributed by atoms with Crippen LogP contribution in [0.15, 0.2) is 82.2 Å². The van der Waals surface area contributed by atoms with Crippen LogP contribution in [0.4, 0.5) is 15.8 Å². The second-order valence-electron chi connectivity index (χ2n) is 6.99. The van der Waals surface area contributed by atoms with Crippen molar-refractivity contribution in [2.24, 2.45) is 0 Å². The lowest BCUT2D eigenvalue weighted by Gasteiger charge is -2.18. The number of rotatable bonds is 9. The summed E-state index contributed by atoms with van der Waals surface area (Å²) in [6.07, 6.45) is -0.399. The molecule has 0 fully saturated rings. The van der Waals surface area contributed by atoms with E-state index in [-0.39, 0.29) is 18.5 Å². The number of thioether (sulfide) groups is 1. The van der Waals surface area contributed by atoms with Crippen molar-refractivity contribution in [3.05, 3.63) is 88.6 Å². The Kier molecular flexibility index (Phi) is 8.62. The standard InChI is InChI=1S/C24H20BrFN2O4S/c25-16-9-10-20(19(26)13-16)28-24(32)23(15-5-2-1-3-6-15)33-18-8-4-7-17(14-18)27-21(29)11-12-22(30)31/h1-10,13-14,23H,11-12H2,(H,27,29)(H,28,32)(H,30,31). The summed E-state index contributed by atoms with van der Waals surface area (Å²) in [6, 6.07) is 20.4. The molecule has 0 heterocycles. The summed E-state index contributed by atoms with van der Waals surface area (Å²) in [7, 11) is 0. The number of halogens is 2. The van der Waals surface area contributed by atoms with Gasteiger partial charge in [-0.2, -0.15) is 0 Å². The van der Waals surface area contributed by atoms with Gasteiger partial charge in [-0.25, -0.2) is 4.39 Å². The maximum Gasteiger partial charge on any atom is 0.303 e. The second-order valence-corrected chi connectivity index (χ2v) is 9.09. The Labute approximate surface area is 202 Å². The Morgan fingerprint density at radius 1 is 0.939 bits per heavy atom. The topological polar surface area (TPSA) is 95.5 Å². The van der Waals surface area contributed by atoms with Crippen LogP contribution in [-0.4, -0.2) is 22.9 Å². The highest BCUT2D eigenvalue weighted by Crippen LogP contribution is 2.37. The smallest absolute Gasteiger partial charge is 0.303 e. The summed E-state index contributed by atoms with van der Waals surface area (Å²) >= 11 is 4.45. The largest absolute Gasteiger partial charge is 0.481 e. The van der Waals surface area contributed by atoms with E-state index in [1.165, 1.54) is 23.9 Å². The van der Waals surface area contributed by atoms with Crippen molar-refractivity contribution in [1.82, 2.24) is 0 Å². The Balaban J connectivity index is 1.79. The van der Waals surface area contributed by atoms with Gasteiger partial charge in [0.1, 0.15) is 11.1 Å². The van der Waals surface area contributed by atoms with Gasteiger partial charge < -0.3 is 15.7 Å². The molecular formula is C24H20BrFN2O4S. The molecule has 0 saturated carbocycles. The molecule has 0 aromatic heterocycles. The molecule has 0 saturated heterocycles. The molecular weight excluding hydrogens is 511 g/mol. The zero-order chi connectivity index (χ0) is 23.8. The first-order chi connectivity index (χ1) is 15.8. The monoisotopic (exact) mass is 530 g/mol. The molecule has 170 valence electrons. The molecule has 0 bridgehead atoms. The van der Waals surface area contributed by atoms with Crippen molar-refractivity contribution in [3.8, 4) is 0 Å². The summed E-state index contributed by atoms with van der Waals surface area (Å²) in [5.74, 6) is -2.42. The predicted octanol–water partition coefficient (Wildman–Crippen LogP) is 5.86. The third kappa shape index (κ3) is 7.44. The molecule has 0 aliphatic rings. The third-order valence-corrected chi connectivity index (χ3v) is 6.21. The van der Waals surface area contributed by atoms with Gasteiger partial charge in [0.2, 0.25) is 11.8 Å². The van der Waals surface area contributed by atoms with Crippen molar-refractivity contribution in [1.29, 1.82) is 0 Å². The summed E-state index contributed by atoms with van der Waals surface area (Å²) in [5, 5.41) is 13.3. The minimum atomic E-state index is -1.05. The first-order valence-electron chi connectivity index (χ1n) is 9.91. The van der Waals surface area contributed by atoms with E-state index in [1.807, 2.05) is 30.3 Å². The van der Waals surface area contributed by atoms with Gasteiger partial charge in [0.05, 0.1) is 12.1 Å². The summed E-state index contributed by atoms with van der Waals surface area (Å²) in [6.45, 7) is 0. The van der Waals surface area contributed by atoms with Crippen LogP contribution in [0.3, 0.4) is 0 Å². The van der Waals surface area contributed by atoms with E-state index < -0.39 is 28.9 Å². The predicted molar refractivity (Wildman–Crippen MR) is 130 cm³/mol. The third-order valence-electron chi connectivity index (χ3n) is 4.47. The van der Waals surface area contributed by atoms with Crippen LogP contribution in [0.25, 0.3) is 0 Å². The molecule has 1 atom stereocenters. The molecule has 3 aromatic rings. The Bertz CT molecular complexity index is 1160. The van der Waals surface area contributed by atoms with E-state index in [4.69, 9.17) is 5.11 Å². The van der Waals surface area contributed by atoms with Gasteiger partial charge in [0.25, 0.3) is 0 Å². The van der Waals surface area contributed by atoms with Crippen molar-refractivity contribution in [2.45, 2.75) is 23.0 Å². The number of carboxylic acid groups (broad SMARTS) is 1. The van der Waals surface area contributed by atoms with Crippen molar-refractivity contribution in [3.63, 3.8) is 0 Å². The molecule has 0 radical (unpaired) electrons. The van der Waals surface area contributed by atoms with Crippen LogP contribution in [0.2, 0.25) is 0 Å². The maximum atomic E-state index is 14.3. The molecule has 6 nitrogen and oxygen atoms in total. The molecule has 33 heavy (non-hydrogen) atoms. The average Bonchev–Trinajstić information content (AvgIpc) is 2.79. The van der Waals surface area contributed by atoms with Gasteiger partial charge in [0.15, 0.2) is 0 Å². The van der Waals surface area contributed by atoms with Crippen LogP contribution in [0.5, 0.6) is 0 Å². The van der Waals surface area contributed by atoms with E-state index in [0.29, 0.717) is 15.1 Å². The molecule has 3 aromatic carbocycles. The number of anilines is 2. The van der Waals surface area contributed by atoms with Crippen molar-refractivity contribution < 1.29 is 23.9 Å². The van der Waals surface area contributed by atoms with Gasteiger partial charge in [-0.15, -0.1) is 11.8 Å². The van der Waals surface area contributed by atoms with Crippen LogP contribution in [0.1, 0.15) is 23.7 Å². The quantitative estimate of drug-likeness (QED) is 0.301. The zero-order valence-corrected chi connectivity index (χ0v) is 19.7. The van der Waals surface area contributed by atoms with E-state index >= 15 is 0 Å². The van der Waals surface area contributed by atoms with E-state index in [9.17, 15) is 18.8 Å².